The van der Waals surface area contributed by atoms with Gasteiger partial charge >= 0.3 is 0 Å². The van der Waals surface area contributed by atoms with Gasteiger partial charge in [0.15, 0.2) is 0 Å². The number of H-pyrrole nitrogens is 1. The maximum absolute atomic E-state index is 3.54. The zero-order chi connectivity index (χ0) is 10.3. The lowest BCUT2D eigenvalue weighted by atomic mass is 10.1. The average molecular weight is 200 g/mol. The standard InChI is InChI=1S/C13H16N2/c1-9-4-5-13-10(7-9)11-8-14-6-2-3-12(11)15-13/h4-5,7,14-15H,2-3,6,8H2,1H3. The van der Waals surface area contributed by atoms with E-state index in [1.54, 1.807) is 0 Å². The molecule has 1 aliphatic heterocycles. The number of nitrogens with one attached hydrogen (secondary N) is 2. The van der Waals surface area contributed by atoms with Crippen molar-refractivity contribution in [1.29, 1.82) is 0 Å². The molecule has 0 aliphatic carbocycles. The second kappa shape index (κ2) is 3.38. The van der Waals surface area contributed by atoms with Crippen molar-refractivity contribution in [3.63, 3.8) is 0 Å². The van der Waals surface area contributed by atoms with Gasteiger partial charge in [0.25, 0.3) is 0 Å². The van der Waals surface area contributed by atoms with Crippen LogP contribution in [0.1, 0.15) is 23.2 Å². The van der Waals surface area contributed by atoms with E-state index in [1.807, 2.05) is 0 Å². The summed E-state index contributed by atoms with van der Waals surface area (Å²) >= 11 is 0. The summed E-state index contributed by atoms with van der Waals surface area (Å²) in [5.41, 5.74) is 5.54. The Morgan fingerprint density at radius 1 is 1.27 bits per heavy atom. The molecule has 0 saturated carbocycles. The van der Waals surface area contributed by atoms with E-state index < -0.39 is 0 Å². The Kier molecular flexibility index (Phi) is 2.03. The van der Waals surface area contributed by atoms with Crippen LogP contribution in [-0.2, 0) is 13.0 Å². The van der Waals surface area contributed by atoms with Gasteiger partial charge in [-0.05, 0) is 44.0 Å². The molecule has 2 N–H and O–H groups in total. The van der Waals surface area contributed by atoms with Crippen LogP contribution in [0.4, 0.5) is 0 Å². The first kappa shape index (κ1) is 8.98. The first-order valence-corrected chi connectivity index (χ1v) is 5.65. The van der Waals surface area contributed by atoms with E-state index >= 15 is 0 Å². The molecule has 0 bridgehead atoms. The predicted molar refractivity (Wildman–Crippen MR) is 63.1 cm³/mol. The Morgan fingerprint density at radius 3 is 3.13 bits per heavy atom. The Morgan fingerprint density at radius 2 is 2.20 bits per heavy atom. The van der Waals surface area contributed by atoms with Crippen LogP contribution in [-0.4, -0.2) is 11.5 Å². The lowest BCUT2D eigenvalue weighted by molar-refractivity contribution is 0.680. The average Bonchev–Trinajstić information content (AvgIpc) is 2.44. The van der Waals surface area contributed by atoms with E-state index in [9.17, 15) is 0 Å². The smallest absolute Gasteiger partial charge is 0.0459 e. The van der Waals surface area contributed by atoms with E-state index in [0.717, 1.165) is 13.1 Å². The SMILES string of the molecule is Cc1ccc2[nH]c3c(c2c1)CNCCC3. The molecule has 2 heterocycles. The van der Waals surface area contributed by atoms with Crippen LogP contribution < -0.4 is 5.32 Å². The summed E-state index contributed by atoms with van der Waals surface area (Å²) in [4.78, 5) is 3.54. The molecule has 0 fully saturated rings. The summed E-state index contributed by atoms with van der Waals surface area (Å²) in [6.07, 6.45) is 2.41. The second-order valence-corrected chi connectivity index (χ2v) is 4.41. The van der Waals surface area contributed by atoms with Crippen molar-refractivity contribution in [2.75, 3.05) is 6.54 Å². The van der Waals surface area contributed by atoms with Crippen LogP contribution >= 0.6 is 0 Å². The van der Waals surface area contributed by atoms with Crippen molar-refractivity contribution in [2.45, 2.75) is 26.3 Å². The van der Waals surface area contributed by atoms with Crippen molar-refractivity contribution in [3.05, 3.63) is 35.0 Å². The molecule has 1 aromatic carbocycles. The maximum atomic E-state index is 3.54. The molecule has 78 valence electrons. The van der Waals surface area contributed by atoms with Gasteiger partial charge in [0, 0.05) is 23.1 Å². The quantitative estimate of drug-likeness (QED) is 0.672. The second-order valence-electron chi connectivity index (χ2n) is 4.41. The third-order valence-electron chi connectivity index (χ3n) is 3.23. The van der Waals surface area contributed by atoms with Crippen molar-refractivity contribution in [1.82, 2.24) is 10.3 Å². The van der Waals surface area contributed by atoms with Crippen molar-refractivity contribution in [3.8, 4) is 0 Å². The van der Waals surface area contributed by atoms with E-state index in [4.69, 9.17) is 0 Å². The fourth-order valence-electron chi connectivity index (χ4n) is 2.44. The molecule has 0 atom stereocenters. The number of hydrogen-bond acceptors (Lipinski definition) is 1. The fourth-order valence-corrected chi connectivity index (χ4v) is 2.44. The van der Waals surface area contributed by atoms with E-state index in [1.165, 1.54) is 40.6 Å². The summed E-state index contributed by atoms with van der Waals surface area (Å²) in [5, 5.41) is 4.88. The third-order valence-corrected chi connectivity index (χ3v) is 3.23. The minimum absolute atomic E-state index is 1.01. The lowest BCUT2D eigenvalue weighted by Crippen LogP contribution is -2.11. The Balaban J connectivity index is 2.24. The molecule has 15 heavy (non-hydrogen) atoms. The molecule has 1 aromatic heterocycles. The molecular formula is C13H16N2. The van der Waals surface area contributed by atoms with E-state index in [0.29, 0.717) is 0 Å². The highest BCUT2D eigenvalue weighted by molar-refractivity contribution is 5.85. The lowest BCUT2D eigenvalue weighted by Gasteiger charge is -2.00. The number of rotatable bonds is 0. The highest BCUT2D eigenvalue weighted by Gasteiger charge is 2.13. The molecule has 2 heteroatoms. The Bertz CT molecular complexity index is 496. The van der Waals surface area contributed by atoms with Gasteiger partial charge in [-0.25, -0.2) is 0 Å². The van der Waals surface area contributed by atoms with Crippen LogP contribution in [0.2, 0.25) is 0 Å². The van der Waals surface area contributed by atoms with Gasteiger partial charge in [-0.15, -0.1) is 0 Å². The van der Waals surface area contributed by atoms with Crippen molar-refractivity contribution >= 4 is 10.9 Å². The first-order chi connectivity index (χ1) is 7.34. The number of aromatic amines is 1. The topological polar surface area (TPSA) is 27.8 Å². The highest BCUT2D eigenvalue weighted by Crippen LogP contribution is 2.25. The summed E-state index contributed by atoms with van der Waals surface area (Å²) in [6, 6.07) is 6.66. The molecule has 2 aromatic rings. The Hall–Kier alpha value is -1.28. The number of aromatic nitrogens is 1. The van der Waals surface area contributed by atoms with Crippen LogP contribution in [0.5, 0.6) is 0 Å². The monoisotopic (exact) mass is 200 g/mol. The van der Waals surface area contributed by atoms with Crippen LogP contribution in [0.25, 0.3) is 10.9 Å². The van der Waals surface area contributed by atoms with Gasteiger partial charge in [0.2, 0.25) is 0 Å². The molecule has 3 rings (SSSR count). The van der Waals surface area contributed by atoms with Gasteiger partial charge < -0.3 is 10.3 Å². The number of hydrogen-bond donors (Lipinski definition) is 2. The molecule has 0 unspecified atom stereocenters. The zero-order valence-corrected chi connectivity index (χ0v) is 9.06. The van der Waals surface area contributed by atoms with E-state index in [-0.39, 0.29) is 0 Å². The maximum Gasteiger partial charge on any atom is 0.0459 e. The molecule has 0 spiro atoms. The minimum Gasteiger partial charge on any atom is -0.358 e. The molecular weight excluding hydrogens is 184 g/mol. The van der Waals surface area contributed by atoms with Gasteiger partial charge in [-0.2, -0.15) is 0 Å². The summed E-state index contributed by atoms with van der Waals surface area (Å²) in [5.74, 6) is 0. The third kappa shape index (κ3) is 1.45. The van der Waals surface area contributed by atoms with Crippen LogP contribution in [0.15, 0.2) is 18.2 Å². The Labute approximate surface area is 89.7 Å². The number of fused-ring (bicyclic) bond motifs is 3. The van der Waals surface area contributed by atoms with Crippen LogP contribution in [0.3, 0.4) is 0 Å². The zero-order valence-electron chi connectivity index (χ0n) is 9.06. The summed E-state index contributed by atoms with van der Waals surface area (Å²) in [6.45, 7) is 4.30. The predicted octanol–water partition coefficient (Wildman–Crippen LogP) is 2.51. The molecule has 1 aliphatic rings. The molecule has 0 saturated heterocycles. The minimum atomic E-state index is 1.01. The summed E-state index contributed by atoms with van der Waals surface area (Å²) in [7, 11) is 0. The highest BCUT2D eigenvalue weighted by atomic mass is 14.9. The van der Waals surface area contributed by atoms with Crippen molar-refractivity contribution < 1.29 is 0 Å². The van der Waals surface area contributed by atoms with Gasteiger partial charge in [0.05, 0.1) is 0 Å². The van der Waals surface area contributed by atoms with Crippen LogP contribution in [0, 0.1) is 6.92 Å². The largest absolute Gasteiger partial charge is 0.358 e. The number of benzene rings is 1. The molecule has 0 radical (unpaired) electrons. The molecule has 2 nitrogen and oxygen atoms in total. The van der Waals surface area contributed by atoms with Gasteiger partial charge in [0.1, 0.15) is 0 Å². The van der Waals surface area contributed by atoms with E-state index in [2.05, 4.69) is 35.4 Å². The van der Waals surface area contributed by atoms with Gasteiger partial charge in [-0.3, -0.25) is 0 Å². The normalized spacial score (nSPS) is 16.3. The summed E-state index contributed by atoms with van der Waals surface area (Å²) < 4.78 is 0. The number of aryl methyl sites for hydroxylation is 2. The van der Waals surface area contributed by atoms with Crippen molar-refractivity contribution in [2.24, 2.45) is 0 Å². The first-order valence-electron chi connectivity index (χ1n) is 5.65. The fraction of sp³-hybridized carbons (Fsp3) is 0.385. The molecule has 0 amide bonds. The van der Waals surface area contributed by atoms with Gasteiger partial charge in [-0.1, -0.05) is 11.6 Å².